The second-order valence-corrected chi connectivity index (χ2v) is 4.10. The average Bonchev–Trinajstić information content (AvgIpc) is 1.77. The molecule has 1 aliphatic rings. The Labute approximate surface area is 57.1 Å². The third kappa shape index (κ3) is 1.31. The lowest BCUT2D eigenvalue weighted by atomic mass is 10.5. The van der Waals surface area contributed by atoms with Gasteiger partial charge in [-0.3, -0.25) is 0 Å². The molecule has 0 radical (unpaired) electrons. The van der Waals surface area contributed by atoms with Crippen molar-refractivity contribution in [2.45, 2.75) is 4.58 Å². The Morgan fingerprint density at radius 3 is 2.62 bits per heavy atom. The minimum absolute atomic E-state index is 0.0509. The molecule has 1 aliphatic heterocycles. The summed E-state index contributed by atoms with van der Waals surface area (Å²) in [6.45, 7) is 0. The Hall–Kier alpha value is 0.140. The Balaban J connectivity index is 2.59. The quantitative estimate of drug-likeness (QED) is 0.447. The fraction of sp³-hybridized carbons (Fsp3) is 0.200. The van der Waals surface area contributed by atoms with Crippen LogP contribution in [0.5, 0.6) is 0 Å². The van der Waals surface area contributed by atoms with Crippen molar-refractivity contribution in [1.29, 1.82) is 0 Å². The van der Waals surface area contributed by atoms with Crippen LogP contribution in [0.4, 0.5) is 0 Å². The summed E-state index contributed by atoms with van der Waals surface area (Å²) < 4.78 is 9.08. The molecule has 1 N–H and O–H groups in total. The van der Waals surface area contributed by atoms with E-state index in [0.717, 1.165) is 0 Å². The average molecular weight is 148 g/mol. The van der Waals surface area contributed by atoms with Crippen molar-refractivity contribution >= 4 is 23.8 Å². The molecule has 0 spiro atoms. The largest absolute Gasteiger partial charge is 0.349 e. The standard InChI is InChI=1S/C5H8OS2/c6-8-4-2-1-3-5(8)7/h1-8H. The Morgan fingerprint density at radius 2 is 2.25 bits per heavy atom. The summed E-state index contributed by atoms with van der Waals surface area (Å²) in [4.78, 5) is 0. The molecule has 1 heterocycles. The zero-order valence-electron chi connectivity index (χ0n) is 4.23. The molecule has 8 heavy (non-hydrogen) atoms. The lowest BCUT2D eigenvalue weighted by Gasteiger charge is -2.16. The Morgan fingerprint density at radius 1 is 1.50 bits per heavy atom. The maximum absolute atomic E-state index is 9.03. The van der Waals surface area contributed by atoms with Crippen molar-refractivity contribution in [2.24, 2.45) is 0 Å². The molecule has 0 saturated heterocycles. The topological polar surface area (TPSA) is 20.2 Å². The first-order valence-electron chi connectivity index (χ1n) is 2.31. The first-order valence-corrected chi connectivity index (χ1v) is 4.26. The molecule has 0 aromatic carbocycles. The van der Waals surface area contributed by atoms with Gasteiger partial charge in [0.1, 0.15) is 0 Å². The van der Waals surface area contributed by atoms with Crippen LogP contribution in [0.15, 0.2) is 23.6 Å². The molecule has 0 amide bonds. The van der Waals surface area contributed by atoms with E-state index in [2.05, 4.69) is 12.6 Å². The number of allylic oxidation sites excluding steroid dienone is 2. The third-order valence-corrected chi connectivity index (χ3v) is 2.98. The molecule has 0 aromatic rings. The van der Waals surface area contributed by atoms with Crippen LogP contribution in [-0.4, -0.2) is 9.13 Å². The van der Waals surface area contributed by atoms with E-state index >= 15 is 0 Å². The zero-order valence-corrected chi connectivity index (χ0v) is 6.02. The maximum Gasteiger partial charge on any atom is 0.0719 e. The van der Waals surface area contributed by atoms with Gasteiger partial charge in [-0.2, -0.15) is 12.6 Å². The third-order valence-electron chi connectivity index (χ3n) is 0.904. The summed E-state index contributed by atoms with van der Waals surface area (Å²) in [6.07, 6.45) is 5.62. The van der Waals surface area contributed by atoms with Crippen LogP contribution in [0.1, 0.15) is 0 Å². The highest BCUT2D eigenvalue weighted by atomic mass is 32.2. The smallest absolute Gasteiger partial charge is 0.0719 e. The Kier molecular flexibility index (Phi) is 2.05. The van der Waals surface area contributed by atoms with Crippen molar-refractivity contribution in [2.75, 3.05) is 0 Å². The molecular weight excluding hydrogens is 140 g/mol. The molecule has 0 bridgehead atoms. The van der Waals surface area contributed by atoms with Gasteiger partial charge in [-0.1, -0.05) is 18.2 Å². The van der Waals surface area contributed by atoms with Crippen LogP contribution in [0.2, 0.25) is 0 Å². The van der Waals surface area contributed by atoms with Gasteiger partial charge in [0.2, 0.25) is 0 Å². The van der Waals surface area contributed by atoms with Gasteiger partial charge in [0.15, 0.2) is 0 Å². The van der Waals surface area contributed by atoms with Crippen LogP contribution in [0.3, 0.4) is 0 Å². The molecule has 0 saturated carbocycles. The number of rotatable bonds is 0. The number of thiol groups is 2. The van der Waals surface area contributed by atoms with Gasteiger partial charge in [-0.05, 0) is 5.41 Å². The van der Waals surface area contributed by atoms with E-state index in [1.54, 1.807) is 5.41 Å². The second-order valence-electron chi connectivity index (χ2n) is 1.52. The second kappa shape index (κ2) is 2.62. The van der Waals surface area contributed by atoms with Gasteiger partial charge < -0.3 is 4.55 Å². The van der Waals surface area contributed by atoms with Gasteiger partial charge in [-0.15, -0.1) is 11.2 Å². The molecule has 0 fully saturated rings. The summed E-state index contributed by atoms with van der Waals surface area (Å²) in [5.74, 6) is 0. The highest BCUT2D eigenvalue weighted by Crippen LogP contribution is 2.33. The normalized spacial score (nSPS) is 40.2. The lowest BCUT2D eigenvalue weighted by molar-refractivity contribution is 0.655. The number of hydrogen-bond donors (Lipinski definition) is 3. The lowest BCUT2D eigenvalue weighted by Crippen LogP contribution is -1.93. The predicted octanol–water partition coefficient (Wildman–Crippen LogP) is 1.80. The van der Waals surface area contributed by atoms with Gasteiger partial charge in [0.05, 0.1) is 4.58 Å². The highest BCUT2D eigenvalue weighted by molar-refractivity contribution is 8.22. The van der Waals surface area contributed by atoms with Gasteiger partial charge in [-0.25, -0.2) is 0 Å². The van der Waals surface area contributed by atoms with Crippen LogP contribution in [-0.2, 0) is 0 Å². The maximum atomic E-state index is 9.03. The monoisotopic (exact) mass is 148 g/mol. The minimum atomic E-state index is -0.956. The SMILES string of the molecule is O[SH]1C=CC=CC1S. The van der Waals surface area contributed by atoms with E-state index in [9.17, 15) is 0 Å². The summed E-state index contributed by atoms with van der Waals surface area (Å²) in [5, 5.41) is 1.78. The minimum Gasteiger partial charge on any atom is -0.349 e. The molecule has 1 nitrogen and oxygen atoms in total. The Bertz CT molecular complexity index is 114. The molecule has 2 atom stereocenters. The fourth-order valence-electron chi connectivity index (χ4n) is 0.478. The predicted molar refractivity (Wildman–Crippen MR) is 42.7 cm³/mol. The summed E-state index contributed by atoms with van der Waals surface area (Å²) in [5.41, 5.74) is 0. The molecule has 1 rings (SSSR count). The van der Waals surface area contributed by atoms with E-state index in [-0.39, 0.29) is 4.58 Å². The molecule has 46 valence electrons. The van der Waals surface area contributed by atoms with E-state index < -0.39 is 11.2 Å². The zero-order chi connectivity index (χ0) is 5.98. The number of hydrogen-bond acceptors (Lipinski definition) is 2. The van der Waals surface area contributed by atoms with Crippen LogP contribution in [0, 0.1) is 0 Å². The molecule has 0 aromatic heterocycles. The van der Waals surface area contributed by atoms with Gasteiger partial charge in [0, 0.05) is 0 Å². The van der Waals surface area contributed by atoms with Crippen molar-refractivity contribution < 1.29 is 4.55 Å². The summed E-state index contributed by atoms with van der Waals surface area (Å²) in [6, 6.07) is 0. The van der Waals surface area contributed by atoms with Crippen LogP contribution in [0.25, 0.3) is 0 Å². The van der Waals surface area contributed by atoms with E-state index in [1.807, 2.05) is 18.2 Å². The first-order chi connectivity index (χ1) is 3.80. The molecule has 2 unspecified atom stereocenters. The summed E-state index contributed by atoms with van der Waals surface area (Å²) in [7, 11) is 0. The van der Waals surface area contributed by atoms with Gasteiger partial charge >= 0.3 is 0 Å². The summed E-state index contributed by atoms with van der Waals surface area (Å²) >= 11 is 3.14. The highest BCUT2D eigenvalue weighted by Gasteiger charge is 2.04. The van der Waals surface area contributed by atoms with E-state index in [1.165, 1.54) is 0 Å². The van der Waals surface area contributed by atoms with E-state index in [0.29, 0.717) is 0 Å². The fourth-order valence-corrected chi connectivity index (χ4v) is 1.54. The van der Waals surface area contributed by atoms with Gasteiger partial charge in [0.25, 0.3) is 0 Å². The molecule has 0 aliphatic carbocycles. The van der Waals surface area contributed by atoms with Crippen LogP contribution >= 0.6 is 23.8 Å². The van der Waals surface area contributed by atoms with E-state index in [4.69, 9.17) is 4.55 Å². The van der Waals surface area contributed by atoms with Crippen molar-refractivity contribution in [1.82, 2.24) is 0 Å². The van der Waals surface area contributed by atoms with Crippen molar-refractivity contribution in [3.63, 3.8) is 0 Å². The first kappa shape index (κ1) is 6.26. The van der Waals surface area contributed by atoms with Crippen molar-refractivity contribution in [3.05, 3.63) is 23.6 Å². The molecule has 3 heteroatoms. The van der Waals surface area contributed by atoms with Crippen LogP contribution < -0.4 is 0 Å². The van der Waals surface area contributed by atoms with Crippen molar-refractivity contribution in [3.8, 4) is 0 Å². The molecular formula is C5H8OS2.